The first-order valence-electron chi connectivity index (χ1n) is 10.8. The lowest BCUT2D eigenvalue weighted by Crippen LogP contribution is -2.40. The van der Waals surface area contributed by atoms with Gasteiger partial charge >= 0.3 is 18.3 Å². The zero-order chi connectivity index (χ0) is 27.1. The average Bonchev–Trinajstić information content (AvgIpc) is 3.51. The fraction of sp³-hybridized carbons (Fsp3) is 0.348. The minimum Gasteiger partial charge on any atom is -0.481 e. The number of carboxylic acids is 1. The smallest absolute Gasteiger partial charge is 0.416 e. The first-order valence-corrected chi connectivity index (χ1v) is 12.1. The lowest BCUT2D eigenvalue weighted by molar-refractivity contribution is -0.143. The molecule has 4 rings (SSSR count). The van der Waals surface area contributed by atoms with Crippen LogP contribution >= 0.6 is 24.0 Å². The number of halogens is 6. The van der Waals surface area contributed by atoms with Crippen molar-refractivity contribution < 1.29 is 45.5 Å². The highest BCUT2D eigenvalue weighted by atomic mass is 32.2. The van der Waals surface area contributed by atoms with Gasteiger partial charge in [-0.2, -0.15) is 26.3 Å². The van der Waals surface area contributed by atoms with Crippen LogP contribution in [0.3, 0.4) is 0 Å². The van der Waals surface area contributed by atoms with Gasteiger partial charge in [-0.3, -0.25) is 14.5 Å². The van der Waals surface area contributed by atoms with E-state index >= 15 is 0 Å². The molecule has 0 saturated carbocycles. The number of amides is 1. The molecule has 37 heavy (non-hydrogen) atoms. The molecule has 0 aliphatic carbocycles. The third kappa shape index (κ3) is 6.18. The molecule has 0 bridgehead atoms. The van der Waals surface area contributed by atoms with E-state index < -0.39 is 40.9 Å². The summed E-state index contributed by atoms with van der Waals surface area (Å²) in [5.41, 5.74) is -3.35. The van der Waals surface area contributed by atoms with Crippen LogP contribution in [-0.4, -0.2) is 56.8 Å². The van der Waals surface area contributed by atoms with Crippen molar-refractivity contribution in [3.63, 3.8) is 0 Å². The van der Waals surface area contributed by atoms with Gasteiger partial charge in [-0.1, -0.05) is 24.0 Å². The zero-order valence-electron chi connectivity index (χ0n) is 18.7. The van der Waals surface area contributed by atoms with Gasteiger partial charge < -0.3 is 14.4 Å². The van der Waals surface area contributed by atoms with Crippen molar-refractivity contribution in [3.05, 3.63) is 52.1 Å². The number of furan rings is 1. The summed E-state index contributed by atoms with van der Waals surface area (Å²) in [6, 6.07) is 3.47. The van der Waals surface area contributed by atoms with Crippen LogP contribution in [0.4, 0.5) is 26.3 Å². The lowest BCUT2D eigenvalue weighted by atomic mass is 10.0. The number of carbonyl (C=O) groups excluding carboxylic acids is 1. The number of carbonyl (C=O) groups is 2. The summed E-state index contributed by atoms with van der Waals surface area (Å²) in [7, 11) is 0. The highest BCUT2D eigenvalue weighted by Gasteiger charge is 2.40. The third-order valence-electron chi connectivity index (χ3n) is 5.85. The van der Waals surface area contributed by atoms with Crippen molar-refractivity contribution in [3.8, 4) is 11.3 Å². The van der Waals surface area contributed by atoms with E-state index in [9.17, 15) is 35.9 Å². The Hall–Kier alpha value is -2.84. The molecule has 1 unspecified atom stereocenters. The molecule has 1 N–H and O–H groups in total. The number of carboxylic acid groups (broad SMARTS) is 1. The van der Waals surface area contributed by atoms with Crippen molar-refractivity contribution in [2.24, 2.45) is 0 Å². The molecule has 2 saturated heterocycles. The average molecular weight is 565 g/mol. The Balaban J connectivity index is 1.54. The summed E-state index contributed by atoms with van der Waals surface area (Å²) in [6.45, 7) is 1.40. The standard InChI is InChI=1S/C23H18F6N2O4S2/c24-22(25,26)13-7-12(8-14(9-13)23(27,28)29)17-2-1-16(35-17)10-18-20(34)31(21(36)37-18)15-3-5-30(11-15)6-4-19(32)33/h1-2,7-10,15H,3-6,11H2,(H,32,33). The van der Waals surface area contributed by atoms with Gasteiger partial charge in [0.1, 0.15) is 15.8 Å². The van der Waals surface area contributed by atoms with Crippen molar-refractivity contribution in [2.45, 2.75) is 31.2 Å². The molecule has 2 aromatic rings. The second kappa shape index (κ2) is 10.1. The van der Waals surface area contributed by atoms with E-state index in [-0.39, 0.29) is 35.0 Å². The van der Waals surface area contributed by atoms with Crippen molar-refractivity contribution in [1.29, 1.82) is 0 Å². The van der Waals surface area contributed by atoms with E-state index in [0.29, 0.717) is 42.5 Å². The number of likely N-dealkylation sites (tertiary alicyclic amines) is 1. The third-order valence-corrected chi connectivity index (χ3v) is 7.18. The molecule has 0 spiro atoms. The number of benzene rings is 1. The largest absolute Gasteiger partial charge is 0.481 e. The van der Waals surface area contributed by atoms with Crippen molar-refractivity contribution >= 4 is 46.3 Å². The fourth-order valence-corrected chi connectivity index (χ4v) is 5.47. The Morgan fingerprint density at radius 3 is 2.38 bits per heavy atom. The molecule has 0 radical (unpaired) electrons. The molecule has 1 atom stereocenters. The number of alkyl halides is 6. The number of aliphatic carboxylic acids is 1. The van der Waals surface area contributed by atoms with Gasteiger partial charge in [0.25, 0.3) is 5.91 Å². The van der Waals surface area contributed by atoms with Crippen LogP contribution < -0.4 is 0 Å². The van der Waals surface area contributed by atoms with E-state index in [0.717, 1.165) is 11.8 Å². The number of thioether (sulfide) groups is 1. The molecular weight excluding hydrogens is 546 g/mol. The van der Waals surface area contributed by atoms with Gasteiger partial charge in [0.05, 0.1) is 28.5 Å². The predicted octanol–water partition coefficient (Wildman–Crippen LogP) is 5.73. The quantitative estimate of drug-likeness (QED) is 0.273. The van der Waals surface area contributed by atoms with E-state index in [1.165, 1.54) is 23.1 Å². The van der Waals surface area contributed by atoms with Crippen LogP contribution in [0.15, 0.2) is 39.7 Å². The highest BCUT2D eigenvalue weighted by molar-refractivity contribution is 8.26. The Kier molecular flexibility index (Phi) is 7.45. The second-order valence-electron chi connectivity index (χ2n) is 8.44. The van der Waals surface area contributed by atoms with Crippen molar-refractivity contribution in [1.82, 2.24) is 9.80 Å². The molecule has 6 nitrogen and oxygen atoms in total. The predicted molar refractivity (Wildman–Crippen MR) is 126 cm³/mol. The highest BCUT2D eigenvalue weighted by Crippen LogP contribution is 2.40. The summed E-state index contributed by atoms with van der Waals surface area (Å²) in [4.78, 5) is 27.4. The Morgan fingerprint density at radius 1 is 1.14 bits per heavy atom. The van der Waals surface area contributed by atoms with E-state index in [1.807, 2.05) is 4.90 Å². The SMILES string of the molecule is O=C(O)CCN1CCC(N2C(=O)C(=Cc3ccc(-c4cc(C(F)(F)F)cc(C(F)(F)F)c4)o3)SC2=S)C1. The van der Waals surface area contributed by atoms with E-state index in [2.05, 4.69) is 0 Å². The van der Waals surface area contributed by atoms with Crippen molar-refractivity contribution in [2.75, 3.05) is 19.6 Å². The maximum absolute atomic E-state index is 13.2. The number of rotatable bonds is 6. The second-order valence-corrected chi connectivity index (χ2v) is 10.1. The number of hydrogen-bond acceptors (Lipinski definition) is 6. The summed E-state index contributed by atoms with van der Waals surface area (Å²) >= 11 is 6.34. The first-order chi connectivity index (χ1) is 17.2. The fourth-order valence-electron chi connectivity index (χ4n) is 4.09. The lowest BCUT2D eigenvalue weighted by Gasteiger charge is -2.23. The topological polar surface area (TPSA) is 74.0 Å². The van der Waals surface area contributed by atoms with Crippen LogP contribution in [0.25, 0.3) is 17.4 Å². The van der Waals surface area contributed by atoms with E-state index in [1.54, 1.807) is 0 Å². The molecule has 2 aliphatic heterocycles. The van der Waals surface area contributed by atoms with Crippen LogP contribution in [0.1, 0.15) is 29.7 Å². The van der Waals surface area contributed by atoms with E-state index in [4.69, 9.17) is 21.7 Å². The van der Waals surface area contributed by atoms with Crippen LogP contribution in [0.5, 0.6) is 0 Å². The van der Waals surface area contributed by atoms with Crippen LogP contribution in [-0.2, 0) is 21.9 Å². The van der Waals surface area contributed by atoms with Gasteiger partial charge in [0.15, 0.2) is 0 Å². The van der Waals surface area contributed by atoms with Gasteiger partial charge in [-0.05, 0) is 36.8 Å². The Morgan fingerprint density at radius 2 is 1.78 bits per heavy atom. The maximum atomic E-state index is 13.2. The number of hydrogen-bond donors (Lipinski definition) is 1. The summed E-state index contributed by atoms with van der Waals surface area (Å²) in [6.07, 6.45) is -8.09. The summed E-state index contributed by atoms with van der Waals surface area (Å²) in [5, 5.41) is 8.85. The molecular formula is C23H18F6N2O4S2. The maximum Gasteiger partial charge on any atom is 0.416 e. The normalized spacial score (nSPS) is 20.4. The Bertz CT molecular complexity index is 1240. The molecule has 1 aromatic carbocycles. The molecule has 1 aromatic heterocycles. The van der Waals surface area contributed by atoms with Gasteiger partial charge in [0.2, 0.25) is 0 Å². The molecule has 1 amide bonds. The first kappa shape index (κ1) is 27.2. The number of nitrogens with zero attached hydrogens (tertiary/aromatic N) is 2. The Labute approximate surface area is 215 Å². The van der Waals surface area contributed by atoms with Crippen LogP contribution in [0.2, 0.25) is 0 Å². The summed E-state index contributed by atoms with van der Waals surface area (Å²) in [5.74, 6) is -1.51. The number of thiocarbonyl (C=S) groups is 1. The summed E-state index contributed by atoms with van der Waals surface area (Å²) < 4.78 is 84.9. The molecule has 2 fully saturated rings. The van der Waals surface area contributed by atoms with Crippen LogP contribution in [0, 0.1) is 0 Å². The minimum absolute atomic E-state index is 0.0256. The molecule has 3 heterocycles. The molecule has 198 valence electrons. The van der Waals surface area contributed by atoms with Gasteiger partial charge in [-0.15, -0.1) is 0 Å². The van der Waals surface area contributed by atoms with Gasteiger partial charge in [0, 0.05) is 31.3 Å². The zero-order valence-corrected chi connectivity index (χ0v) is 20.4. The molecule has 2 aliphatic rings. The monoisotopic (exact) mass is 564 g/mol. The van der Waals surface area contributed by atoms with Gasteiger partial charge in [-0.25, -0.2) is 0 Å². The minimum atomic E-state index is -5.00. The molecule has 14 heteroatoms.